The van der Waals surface area contributed by atoms with Crippen LogP contribution in [-0.4, -0.2) is 5.91 Å². The van der Waals surface area contributed by atoms with E-state index in [1.54, 1.807) is 6.07 Å². The fourth-order valence-electron chi connectivity index (χ4n) is 1.62. The van der Waals surface area contributed by atoms with Crippen LogP contribution in [0.2, 0.25) is 5.02 Å². The van der Waals surface area contributed by atoms with Crippen LogP contribution < -0.4 is 5.73 Å². The van der Waals surface area contributed by atoms with E-state index in [0.717, 1.165) is 24.8 Å². The summed E-state index contributed by atoms with van der Waals surface area (Å²) in [5.74, 6) is -0.546. The van der Waals surface area contributed by atoms with Gasteiger partial charge in [-0.15, -0.1) is 0 Å². The summed E-state index contributed by atoms with van der Waals surface area (Å²) >= 11 is 6.03. The van der Waals surface area contributed by atoms with Crippen molar-refractivity contribution in [2.75, 3.05) is 0 Å². The number of primary amides is 1. The molecular formula is C12H16ClNO. The number of hydrogen-bond acceptors (Lipinski definition) is 1. The van der Waals surface area contributed by atoms with Crippen molar-refractivity contribution in [2.24, 2.45) is 5.73 Å². The van der Waals surface area contributed by atoms with Gasteiger partial charge in [0.1, 0.15) is 0 Å². The Hall–Kier alpha value is -1.02. The van der Waals surface area contributed by atoms with Crippen LogP contribution in [0.15, 0.2) is 24.3 Å². The smallest absolute Gasteiger partial charge is 0.225 e. The third-order valence-electron chi connectivity index (χ3n) is 2.47. The van der Waals surface area contributed by atoms with Gasteiger partial charge in [-0.05, 0) is 18.1 Å². The van der Waals surface area contributed by atoms with Gasteiger partial charge in [-0.1, -0.05) is 49.6 Å². The molecule has 2 N–H and O–H groups in total. The van der Waals surface area contributed by atoms with Gasteiger partial charge in [0.05, 0.1) is 5.92 Å². The monoisotopic (exact) mass is 225 g/mol. The second-order valence-corrected chi connectivity index (χ2v) is 4.03. The van der Waals surface area contributed by atoms with Crippen molar-refractivity contribution in [3.8, 4) is 0 Å². The number of benzene rings is 1. The van der Waals surface area contributed by atoms with E-state index in [0.29, 0.717) is 5.02 Å². The maximum absolute atomic E-state index is 11.3. The molecule has 0 aromatic heterocycles. The second kappa shape index (κ2) is 5.76. The van der Waals surface area contributed by atoms with Gasteiger partial charge in [0.2, 0.25) is 5.91 Å². The summed E-state index contributed by atoms with van der Waals surface area (Å²) in [6, 6.07) is 7.39. The van der Waals surface area contributed by atoms with E-state index in [1.165, 1.54) is 0 Å². The van der Waals surface area contributed by atoms with Crippen molar-refractivity contribution >= 4 is 17.5 Å². The molecule has 1 rings (SSSR count). The molecule has 0 saturated carbocycles. The predicted molar refractivity (Wildman–Crippen MR) is 62.9 cm³/mol. The van der Waals surface area contributed by atoms with Crippen LogP contribution in [0.4, 0.5) is 0 Å². The maximum atomic E-state index is 11.3. The van der Waals surface area contributed by atoms with E-state index in [1.807, 2.05) is 18.2 Å². The second-order valence-electron chi connectivity index (χ2n) is 3.62. The zero-order valence-electron chi connectivity index (χ0n) is 8.87. The molecule has 0 aliphatic rings. The Morgan fingerprint density at radius 2 is 2.13 bits per heavy atom. The number of halogens is 1. The summed E-state index contributed by atoms with van der Waals surface area (Å²) in [5.41, 5.74) is 6.23. The predicted octanol–water partition coefficient (Wildman–Crippen LogP) is 3.10. The highest BCUT2D eigenvalue weighted by Gasteiger charge is 2.19. The average molecular weight is 226 g/mol. The fraction of sp³-hybridized carbons (Fsp3) is 0.417. The largest absolute Gasteiger partial charge is 0.369 e. The quantitative estimate of drug-likeness (QED) is 0.822. The summed E-state index contributed by atoms with van der Waals surface area (Å²) in [7, 11) is 0. The molecule has 0 aliphatic carbocycles. The molecule has 0 aliphatic heterocycles. The molecule has 0 heterocycles. The highest BCUT2D eigenvalue weighted by atomic mass is 35.5. The topological polar surface area (TPSA) is 43.1 Å². The number of amides is 1. The fourth-order valence-corrected chi connectivity index (χ4v) is 1.88. The zero-order chi connectivity index (χ0) is 11.3. The van der Waals surface area contributed by atoms with E-state index in [2.05, 4.69) is 6.92 Å². The number of unbranched alkanes of at least 4 members (excludes halogenated alkanes) is 1. The molecule has 0 radical (unpaired) electrons. The van der Waals surface area contributed by atoms with Gasteiger partial charge < -0.3 is 5.73 Å². The van der Waals surface area contributed by atoms with Crippen molar-refractivity contribution < 1.29 is 4.79 Å². The summed E-state index contributed by atoms with van der Waals surface area (Å²) in [5, 5.41) is 0.623. The highest BCUT2D eigenvalue weighted by molar-refractivity contribution is 6.31. The molecule has 1 amide bonds. The lowest BCUT2D eigenvalue weighted by atomic mass is 9.93. The first kappa shape index (κ1) is 12.1. The summed E-state index contributed by atoms with van der Waals surface area (Å²) in [6.07, 6.45) is 2.81. The number of hydrogen-bond donors (Lipinski definition) is 1. The van der Waals surface area contributed by atoms with Gasteiger partial charge >= 0.3 is 0 Å². The molecule has 0 saturated heterocycles. The first-order valence-corrected chi connectivity index (χ1v) is 5.58. The van der Waals surface area contributed by atoms with Crippen LogP contribution in [0.1, 0.15) is 37.7 Å². The van der Waals surface area contributed by atoms with Crippen molar-refractivity contribution in [3.63, 3.8) is 0 Å². The number of rotatable bonds is 5. The molecule has 82 valence electrons. The van der Waals surface area contributed by atoms with Gasteiger partial charge in [0, 0.05) is 5.02 Å². The van der Waals surface area contributed by atoms with Crippen molar-refractivity contribution in [2.45, 2.75) is 32.1 Å². The average Bonchev–Trinajstić information content (AvgIpc) is 2.20. The Bertz CT molecular complexity index is 338. The lowest BCUT2D eigenvalue weighted by molar-refractivity contribution is -0.119. The summed E-state index contributed by atoms with van der Waals surface area (Å²) in [4.78, 5) is 11.3. The SMILES string of the molecule is CCCCC(C(N)=O)c1ccccc1Cl. The Labute approximate surface area is 95.4 Å². The zero-order valence-corrected chi connectivity index (χ0v) is 9.63. The van der Waals surface area contributed by atoms with Crippen LogP contribution in [0.5, 0.6) is 0 Å². The van der Waals surface area contributed by atoms with E-state index < -0.39 is 0 Å². The normalized spacial score (nSPS) is 12.4. The molecule has 1 aromatic carbocycles. The van der Waals surface area contributed by atoms with Crippen LogP contribution in [0, 0.1) is 0 Å². The highest BCUT2D eigenvalue weighted by Crippen LogP contribution is 2.28. The molecule has 1 atom stereocenters. The lowest BCUT2D eigenvalue weighted by Crippen LogP contribution is -2.21. The molecule has 1 aromatic rings. The van der Waals surface area contributed by atoms with Crippen molar-refractivity contribution in [3.05, 3.63) is 34.9 Å². The van der Waals surface area contributed by atoms with Gasteiger partial charge in [-0.3, -0.25) is 4.79 Å². The molecule has 1 unspecified atom stereocenters. The van der Waals surface area contributed by atoms with Crippen LogP contribution in [0.3, 0.4) is 0 Å². The third kappa shape index (κ3) is 3.24. The van der Waals surface area contributed by atoms with Crippen LogP contribution >= 0.6 is 11.6 Å². The minimum atomic E-state index is -0.295. The third-order valence-corrected chi connectivity index (χ3v) is 2.81. The Kier molecular flexibility index (Phi) is 4.63. The van der Waals surface area contributed by atoms with E-state index in [4.69, 9.17) is 17.3 Å². The minimum absolute atomic E-state index is 0.251. The van der Waals surface area contributed by atoms with Crippen molar-refractivity contribution in [1.29, 1.82) is 0 Å². The van der Waals surface area contributed by atoms with Gasteiger partial charge in [-0.2, -0.15) is 0 Å². The van der Waals surface area contributed by atoms with Gasteiger partial charge in [0.25, 0.3) is 0 Å². The minimum Gasteiger partial charge on any atom is -0.369 e. The van der Waals surface area contributed by atoms with Crippen LogP contribution in [0.25, 0.3) is 0 Å². The number of nitrogens with two attached hydrogens (primary N) is 1. The Morgan fingerprint density at radius 1 is 1.47 bits per heavy atom. The summed E-state index contributed by atoms with van der Waals surface area (Å²) < 4.78 is 0. The maximum Gasteiger partial charge on any atom is 0.225 e. The van der Waals surface area contributed by atoms with Gasteiger partial charge in [0.15, 0.2) is 0 Å². The molecule has 15 heavy (non-hydrogen) atoms. The lowest BCUT2D eigenvalue weighted by Gasteiger charge is -2.14. The first-order valence-electron chi connectivity index (χ1n) is 5.20. The van der Waals surface area contributed by atoms with E-state index >= 15 is 0 Å². The molecule has 0 spiro atoms. The number of carbonyl (C=O) groups is 1. The van der Waals surface area contributed by atoms with Crippen molar-refractivity contribution in [1.82, 2.24) is 0 Å². The standard InChI is InChI=1S/C12H16ClNO/c1-2-3-6-10(12(14)15)9-7-4-5-8-11(9)13/h4-5,7-8,10H,2-3,6H2,1H3,(H2,14,15). The van der Waals surface area contributed by atoms with E-state index in [-0.39, 0.29) is 11.8 Å². The van der Waals surface area contributed by atoms with Crippen LogP contribution in [-0.2, 0) is 4.79 Å². The number of carbonyl (C=O) groups excluding carboxylic acids is 1. The Morgan fingerprint density at radius 3 is 2.67 bits per heavy atom. The molecule has 3 heteroatoms. The van der Waals surface area contributed by atoms with E-state index in [9.17, 15) is 4.79 Å². The molecular weight excluding hydrogens is 210 g/mol. The first-order chi connectivity index (χ1) is 7.16. The Balaban J connectivity index is 2.89. The molecule has 2 nitrogen and oxygen atoms in total. The van der Waals surface area contributed by atoms with Gasteiger partial charge in [-0.25, -0.2) is 0 Å². The summed E-state index contributed by atoms with van der Waals surface area (Å²) in [6.45, 7) is 2.09. The molecule has 0 bridgehead atoms. The molecule has 0 fully saturated rings.